The van der Waals surface area contributed by atoms with Gasteiger partial charge >= 0.3 is 5.69 Å². The van der Waals surface area contributed by atoms with Crippen molar-refractivity contribution in [1.82, 2.24) is 9.55 Å². The van der Waals surface area contributed by atoms with Crippen LogP contribution in [-0.2, 0) is 7.05 Å². The second-order valence-corrected chi connectivity index (χ2v) is 2.29. The average Bonchev–Trinajstić information content (AvgIpc) is 1.98. The van der Waals surface area contributed by atoms with Crippen LogP contribution in [0.3, 0.4) is 0 Å². The fourth-order valence-corrected chi connectivity index (χ4v) is 0.687. The normalized spacial score (nSPS) is 9.75. The molecule has 0 spiro atoms. The Morgan fingerprint density at radius 2 is 2.50 bits per heavy atom. The van der Waals surface area contributed by atoms with E-state index in [-0.39, 0.29) is 5.69 Å². The molecule has 0 aliphatic carbocycles. The summed E-state index contributed by atoms with van der Waals surface area (Å²) in [6.07, 6.45) is 1.60. The number of hydrogen-bond donors (Lipinski definition) is 1. The molecule has 0 saturated heterocycles. The van der Waals surface area contributed by atoms with E-state index in [1.54, 1.807) is 13.2 Å². The summed E-state index contributed by atoms with van der Waals surface area (Å²) in [6.45, 7) is 0. The van der Waals surface area contributed by atoms with Crippen LogP contribution in [0, 0.1) is 0 Å². The van der Waals surface area contributed by atoms with E-state index in [4.69, 9.17) is 0 Å². The highest BCUT2D eigenvalue weighted by molar-refractivity contribution is 9.10. The smallest absolute Gasteiger partial charge is 0.312 e. The number of aromatic amines is 1. The molecule has 0 fully saturated rings. The third kappa shape index (κ3) is 0.709. The molecule has 0 saturated carbocycles. The van der Waals surface area contributed by atoms with Gasteiger partial charge in [0.25, 0.3) is 0 Å². The van der Waals surface area contributed by atoms with Crippen LogP contribution < -0.4 is 5.69 Å². The zero-order valence-electron chi connectivity index (χ0n) is 4.31. The molecule has 0 aliphatic heterocycles. The first-order chi connectivity index (χ1) is 3.72. The second kappa shape index (κ2) is 1.78. The molecule has 0 unspecified atom stereocenters. The standard InChI is InChI=1S/C4H5BrN2O/c1-7-3(5)2-6-4(7)8/h2H,1H3,(H,6,8). The first kappa shape index (κ1) is 5.62. The molecule has 3 nitrogen and oxygen atoms in total. The Bertz CT molecular complexity index is 236. The Balaban J connectivity index is 3.41. The molecule has 0 amide bonds. The number of rotatable bonds is 0. The van der Waals surface area contributed by atoms with Crippen LogP contribution in [0.4, 0.5) is 0 Å². The molecule has 1 rings (SSSR count). The Labute approximate surface area is 54.5 Å². The maximum absolute atomic E-state index is 10.5. The summed E-state index contributed by atoms with van der Waals surface area (Å²) in [5.41, 5.74) is -0.100. The van der Waals surface area contributed by atoms with Gasteiger partial charge < -0.3 is 4.98 Å². The van der Waals surface area contributed by atoms with Crippen molar-refractivity contribution in [2.45, 2.75) is 0 Å². The predicted octanol–water partition coefficient (Wildman–Crippen LogP) is 0.476. The van der Waals surface area contributed by atoms with Crippen molar-refractivity contribution in [3.8, 4) is 0 Å². The number of nitrogens with zero attached hydrogens (tertiary/aromatic N) is 1. The van der Waals surface area contributed by atoms with Gasteiger partial charge in [0.15, 0.2) is 0 Å². The molecule has 0 atom stereocenters. The van der Waals surface area contributed by atoms with Gasteiger partial charge in [0.1, 0.15) is 4.60 Å². The fourth-order valence-electron chi connectivity index (χ4n) is 0.412. The van der Waals surface area contributed by atoms with Gasteiger partial charge in [-0.15, -0.1) is 0 Å². The number of aromatic nitrogens is 2. The zero-order valence-corrected chi connectivity index (χ0v) is 5.90. The summed E-state index contributed by atoms with van der Waals surface area (Å²) in [5, 5.41) is 0. The Morgan fingerprint density at radius 1 is 1.88 bits per heavy atom. The third-order valence-electron chi connectivity index (χ3n) is 0.940. The molecule has 1 aromatic heterocycles. The topological polar surface area (TPSA) is 37.8 Å². The lowest BCUT2D eigenvalue weighted by molar-refractivity contribution is 0.843. The summed E-state index contributed by atoms with van der Waals surface area (Å²) in [5.74, 6) is 0. The summed E-state index contributed by atoms with van der Waals surface area (Å²) < 4.78 is 2.24. The fraction of sp³-hybridized carbons (Fsp3) is 0.250. The zero-order chi connectivity index (χ0) is 6.15. The Kier molecular flexibility index (Phi) is 1.25. The SMILES string of the molecule is Cn1c(Br)c[nH]c1=O. The molecule has 8 heavy (non-hydrogen) atoms. The van der Waals surface area contributed by atoms with Gasteiger partial charge in [0.05, 0.1) is 0 Å². The van der Waals surface area contributed by atoms with Crippen LogP contribution in [0.5, 0.6) is 0 Å². The molecule has 0 aromatic carbocycles. The molecular weight excluding hydrogens is 172 g/mol. The van der Waals surface area contributed by atoms with Gasteiger partial charge in [0, 0.05) is 13.2 Å². The predicted molar refractivity (Wildman–Crippen MR) is 33.7 cm³/mol. The van der Waals surface area contributed by atoms with Crippen LogP contribution in [0.1, 0.15) is 0 Å². The number of hydrogen-bond acceptors (Lipinski definition) is 1. The first-order valence-electron chi connectivity index (χ1n) is 2.11. The van der Waals surface area contributed by atoms with Crippen LogP contribution in [0.2, 0.25) is 0 Å². The van der Waals surface area contributed by atoms with Crippen molar-refractivity contribution in [3.63, 3.8) is 0 Å². The van der Waals surface area contributed by atoms with Gasteiger partial charge in [-0.25, -0.2) is 4.79 Å². The summed E-state index contributed by atoms with van der Waals surface area (Å²) >= 11 is 3.15. The van der Waals surface area contributed by atoms with Gasteiger partial charge in [0.2, 0.25) is 0 Å². The van der Waals surface area contributed by atoms with E-state index >= 15 is 0 Å². The maximum atomic E-state index is 10.5. The van der Waals surface area contributed by atoms with Crippen molar-refractivity contribution >= 4 is 15.9 Å². The van der Waals surface area contributed by atoms with E-state index in [0.29, 0.717) is 0 Å². The number of H-pyrrole nitrogens is 1. The molecule has 1 heterocycles. The highest BCUT2D eigenvalue weighted by Crippen LogP contribution is 2.00. The molecule has 0 aliphatic rings. The summed E-state index contributed by atoms with van der Waals surface area (Å²) in [4.78, 5) is 13.0. The molecule has 1 N–H and O–H groups in total. The van der Waals surface area contributed by atoms with Crippen molar-refractivity contribution in [3.05, 3.63) is 21.3 Å². The van der Waals surface area contributed by atoms with E-state index in [1.165, 1.54) is 4.57 Å². The first-order valence-corrected chi connectivity index (χ1v) is 2.91. The summed E-state index contributed by atoms with van der Waals surface area (Å²) in [7, 11) is 1.68. The maximum Gasteiger partial charge on any atom is 0.326 e. The highest BCUT2D eigenvalue weighted by Gasteiger charge is 1.93. The lowest BCUT2D eigenvalue weighted by Gasteiger charge is -1.84. The molecular formula is C4H5BrN2O. The van der Waals surface area contributed by atoms with Crippen molar-refractivity contribution in [1.29, 1.82) is 0 Å². The van der Waals surface area contributed by atoms with Crippen molar-refractivity contribution in [2.24, 2.45) is 7.05 Å². The number of halogens is 1. The van der Waals surface area contributed by atoms with Crippen LogP contribution in [0.15, 0.2) is 15.6 Å². The van der Waals surface area contributed by atoms with Crippen LogP contribution in [-0.4, -0.2) is 9.55 Å². The van der Waals surface area contributed by atoms with Gasteiger partial charge in [-0.2, -0.15) is 0 Å². The monoisotopic (exact) mass is 176 g/mol. The minimum absolute atomic E-state index is 0.100. The molecule has 4 heteroatoms. The van der Waals surface area contributed by atoms with E-state index < -0.39 is 0 Å². The molecule has 44 valence electrons. The lowest BCUT2D eigenvalue weighted by Crippen LogP contribution is -2.12. The third-order valence-corrected chi connectivity index (χ3v) is 1.70. The van der Waals surface area contributed by atoms with Crippen LogP contribution >= 0.6 is 15.9 Å². The molecule has 1 aromatic rings. The minimum Gasteiger partial charge on any atom is -0.312 e. The number of nitrogens with one attached hydrogen (secondary N) is 1. The van der Waals surface area contributed by atoms with Crippen molar-refractivity contribution < 1.29 is 0 Å². The van der Waals surface area contributed by atoms with E-state index in [2.05, 4.69) is 20.9 Å². The molecule has 0 bridgehead atoms. The second-order valence-electron chi connectivity index (χ2n) is 1.48. The lowest BCUT2D eigenvalue weighted by atomic mass is 10.9. The van der Waals surface area contributed by atoms with E-state index in [9.17, 15) is 4.79 Å². The Morgan fingerprint density at radius 3 is 2.62 bits per heavy atom. The quantitative estimate of drug-likeness (QED) is 0.614. The van der Waals surface area contributed by atoms with Gasteiger partial charge in [-0.05, 0) is 15.9 Å². The van der Waals surface area contributed by atoms with E-state index in [1.807, 2.05) is 0 Å². The minimum atomic E-state index is -0.100. The summed E-state index contributed by atoms with van der Waals surface area (Å²) in [6, 6.07) is 0. The highest BCUT2D eigenvalue weighted by atomic mass is 79.9. The average molecular weight is 177 g/mol. The van der Waals surface area contributed by atoms with Crippen LogP contribution in [0.25, 0.3) is 0 Å². The van der Waals surface area contributed by atoms with Crippen molar-refractivity contribution in [2.75, 3.05) is 0 Å². The molecule has 0 radical (unpaired) electrons. The number of imidazole rings is 1. The largest absolute Gasteiger partial charge is 0.326 e. The van der Waals surface area contributed by atoms with E-state index in [0.717, 1.165) is 4.60 Å². The van der Waals surface area contributed by atoms with Gasteiger partial charge in [-0.1, -0.05) is 0 Å². The Hall–Kier alpha value is -0.510. The van der Waals surface area contributed by atoms with Gasteiger partial charge in [-0.3, -0.25) is 4.57 Å².